The Morgan fingerprint density at radius 1 is 0.435 bits per heavy atom. The smallest absolute Gasteiger partial charge is 0.338 e. The number of rotatable bonds is 13. The zero-order chi connectivity index (χ0) is 43.3. The van der Waals surface area contributed by atoms with Crippen LogP contribution < -0.4 is 9.47 Å². The van der Waals surface area contributed by atoms with Crippen molar-refractivity contribution in [3.63, 3.8) is 0 Å². The molecule has 0 aliphatic heterocycles. The first kappa shape index (κ1) is 43.0. The molecule has 0 saturated carbocycles. The molecule has 308 valence electrons. The number of carboxylic acid groups (broad SMARTS) is 1. The summed E-state index contributed by atoms with van der Waals surface area (Å²) in [6, 6.07) is 61.6. The molecule has 0 saturated heterocycles. The zero-order valence-corrected chi connectivity index (χ0v) is 35.4. The van der Waals surface area contributed by atoms with Crippen molar-refractivity contribution in [2.24, 2.45) is 0 Å². The average Bonchev–Trinajstić information content (AvgIpc) is 3.31. The first-order chi connectivity index (χ1) is 30.3. The topological polar surface area (TPSA) is 82.1 Å². The molecule has 8 aromatic carbocycles. The largest absolute Gasteiger partial charge is 0.488 e. The van der Waals surface area contributed by atoms with E-state index in [0.717, 1.165) is 61.6 Å². The maximum absolute atomic E-state index is 12.7. The number of halogens is 2. The number of hydrogen-bond donors (Lipinski definition) is 1. The van der Waals surface area contributed by atoms with E-state index in [9.17, 15) is 14.7 Å². The normalized spacial score (nSPS) is 10.6. The van der Waals surface area contributed by atoms with Crippen LogP contribution in [0.4, 0.5) is 0 Å². The lowest BCUT2D eigenvalue weighted by Gasteiger charge is -2.17. The van der Waals surface area contributed by atoms with Gasteiger partial charge >= 0.3 is 11.9 Å². The summed E-state index contributed by atoms with van der Waals surface area (Å²) in [5.74, 6) is 0.0967. The first-order valence-electron chi connectivity index (χ1n) is 20.0. The Balaban J connectivity index is 0.000000187. The predicted molar refractivity (Wildman–Crippen MR) is 249 cm³/mol. The summed E-state index contributed by atoms with van der Waals surface area (Å²) in [6.45, 7) is 3.00. The van der Waals surface area contributed by atoms with Crippen LogP contribution in [0.25, 0.3) is 44.5 Å². The van der Waals surface area contributed by atoms with Gasteiger partial charge in [-0.2, -0.15) is 0 Å². The van der Waals surface area contributed by atoms with E-state index in [1.54, 1.807) is 31.2 Å². The minimum atomic E-state index is -1.02. The second kappa shape index (κ2) is 20.9. The maximum atomic E-state index is 12.7. The summed E-state index contributed by atoms with van der Waals surface area (Å²) in [7, 11) is 0. The molecule has 0 aliphatic carbocycles. The second-order valence-corrected chi connectivity index (χ2v) is 14.9. The molecule has 0 bridgehead atoms. The van der Waals surface area contributed by atoms with Crippen LogP contribution in [0.5, 0.6) is 11.5 Å². The molecule has 0 aliphatic rings. The SMILES string of the molecule is CCOC(=O)c1cc(Cl)ccc1-c1ccccc1-c1ccccc1OCc1ccccc1.O=C(O)c1cc(Cl)ccc1-c1ccccc1-c1ccccc1OCc1ccccc1. The van der Waals surface area contributed by atoms with Crippen molar-refractivity contribution in [1.29, 1.82) is 0 Å². The lowest BCUT2D eigenvalue weighted by Crippen LogP contribution is -2.07. The molecule has 0 amide bonds. The third kappa shape index (κ3) is 10.6. The van der Waals surface area contributed by atoms with Crippen LogP contribution >= 0.6 is 23.2 Å². The highest BCUT2D eigenvalue weighted by Crippen LogP contribution is 2.41. The van der Waals surface area contributed by atoms with Crippen molar-refractivity contribution < 1.29 is 28.9 Å². The Bertz CT molecular complexity index is 2790. The van der Waals surface area contributed by atoms with Crippen LogP contribution in [0.1, 0.15) is 38.8 Å². The summed E-state index contributed by atoms with van der Waals surface area (Å²) in [5, 5.41) is 10.6. The number of ether oxygens (including phenoxy) is 3. The van der Waals surface area contributed by atoms with Gasteiger partial charge in [0.15, 0.2) is 0 Å². The minimum absolute atomic E-state index is 0.164. The van der Waals surface area contributed by atoms with Gasteiger partial charge in [-0.05, 0) is 87.8 Å². The molecule has 0 heterocycles. The molecule has 0 radical (unpaired) electrons. The van der Waals surface area contributed by atoms with E-state index >= 15 is 0 Å². The molecule has 8 aromatic rings. The van der Waals surface area contributed by atoms with Crippen molar-refractivity contribution in [1.82, 2.24) is 0 Å². The van der Waals surface area contributed by atoms with Crippen molar-refractivity contribution >= 4 is 35.1 Å². The van der Waals surface area contributed by atoms with Crippen molar-refractivity contribution in [2.75, 3.05) is 6.61 Å². The Hall–Kier alpha value is -7.12. The van der Waals surface area contributed by atoms with E-state index in [-0.39, 0.29) is 5.56 Å². The van der Waals surface area contributed by atoms with Gasteiger partial charge in [-0.25, -0.2) is 9.59 Å². The molecule has 1 N–H and O–H groups in total. The molecular formula is C54H42Cl2O6. The van der Waals surface area contributed by atoms with Gasteiger partial charge in [0.25, 0.3) is 0 Å². The Kier molecular flexibility index (Phi) is 14.5. The van der Waals surface area contributed by atoms with Gasteiger partial charge in [0.1, 0.15) is 24.7 Å². The van der Waals surface area contributed by atoms with Gasteiger partial charge in [0.05, 0.1) is 17.7 Å². The first-order valence-corrected chi connectivity index (χ1v) is 20.8. The number of carboxylic acids is 1. The molecule has 8 rings (SSSR count). The summed E-state index contributed by atoms with van der Waals surface area (Å²) < 4.78 is 17.6. The van der Waals surface area contributed by atoms with Crippen LogP contribution in [-0.2, 0) is 18.0 Å². The molecular weight excluding hydrogens is 815 g/mol. The standard InChI is InChI=1S/C28H23ClO3.C26H19ClO3/c1-2-31-28(30)26-18-21(29)16-17-24(26)22-12-6-7-13-23(22)25-14-8-9-15-27(25)32-19-20-10-4-3-5-11-20;27-19-14-15-22(24(16-19)26(28)29)20-10-4-5-11-21(20)23-12-6-7-13-25(23)30-17-18-8-2-1-3-9-18/h3-18H,2,19H2,1H3;1-16H,17H2,(H,28,29). The van der Waals surface area contributed by atoms with E-state index < -0.39 is 11.9 Å². The minimum Gasteiger partial charge on any atom is -0.488 e. The van der Waals surface area contributed by atoms with Gasteiger partial charge in [0, 0.05) is 21.2 Å². The second-order valence-electron chi connectivity index (χ2n) is 14.0. The van der Waals surface area contributed by atoms with Crippen molar-refractivity contribution in [3.8, 4) is 56.0 Å². The third-order valence-electron chi connectivity index (χ3n) is 9.95. The van der Waals surface area contributed by atoms with E-state index in [4.69, 9.17) is 37.4 Å². The monoisotopic (exact) mass is 856 g/mol. The van der Waals surface area contributed by atoms with Crippen LogP contribution in [0, 0.1) is 0 Å². The maximum Gasteiger partial charge on any atom is 0.338 e. The summed E-state index contributed by atoms with van der Waals surface area (Å²) in [4.78, 5) is 24.5. The van der Waals surface area contributed by atoms with Gasteiger partial charge in [0.2, 0.25) is 0 Å². The zero-order valence-electron chi connectivity index (χ0n) is 33.8. The number of para-hydroxylation sites is 2. The fourth-order valence-corrected chi connectivity index (χ4v) is 7.41. The summed E-state index contributed by atoms with van der Waals surface area (Å²) >= 11 is 12.2. The number of aromatic carboxylic acids is 1. The molecule has 0 fully saturated rings. The van der Waals surface area contributed by atoms with E-state index in [1.807, 2.05) is 164 Å². The van der Waals surface area contributed by atoms with Crippen LogP contribution in [0.3, 0.4) is 0 Å². The van der Waals surface area contributed by atoms with Crippen LogP contribution in [0.15, 0.2) is 194 Å². The van der Waals surface area contributed by atoms with Crippen molar-refractivity contribution in [3.05, 3.63) is 226 Å². The number of hydrogen-bond acceptors (Lipinski definition) is 5. The fourth-order valence-electron chi connectivity index (χ4n) is 7.06. The average molecular weight is 858 g/mol. The Morgan fingerprint density at radius 2 is 0.790 bits per heavy atom. The molecule has 0 aromatic heterocycles. The summed E-state index contributed by atoms with van der Waals surface area (Å²) in [6.07, 6.45) is 0. The number of benzene rings is 8. The molecule has 8 heteroatoms. The number of carbonyl (C=O) groups is 2. The lowest BCUT2D eigenvalue weighted by molar-refractivity contribution is 0.0526. The molecule has 0 unspecified atom stereocenters. The fraction of sp³-hybridized carbons (Fsp3) is 0.0741. The highest BCUT2D eigenvalue weighted by molar-refractivity contribution is 6.31. The molecule has 6 nitrogen and oxygen atoms in total. The summed E-state index contributed by atoms with van der Waals surface area (Å²) in [5.41, 5.74) is 9.57. The van der Waals surface area contributed by atoms with Crippen LogP contribution in [-0.4, -0.2) is 23.7 Å². The highest BCUT2D eigenvalue weighted by atomic mass is 35.5. The quantitative estimate of drug-likeness (QED) is 0.116. The van der Waals surface area contributed by atoms with Gasteiger partial charge in [-0.15, -0.1) is 0 Å². The van der Waals surface area contributed by atoms with Crippen LogP contribution in [0.2, 0.25) is 10.0 Å². The molecule has 62 heavy (non-hydrogen) atoms. The van der Waals surface area contributed by atoms with E-state index in [2.05, 4.69) is 0 Å². The molecule has 0 atom stereocenters. The Labute approximate surface area is 371 Å². The lowest BCUT2D eigenvalue weighted by atomic mass is 9.91. The molecule has 0 spiro atoms. The predicted octanol–water partition coefficient (Wildman–Crippen LogP) is 14.4. The number of esters is 1. The van der Waals surface area contributed by atoms with Gasteiger partial charge in [-0.1, -0.05) is 181 Å². The van der Waals surface area contributed by atoms with Gasteiger partial charge in [-0.3, -0.25) is 0 Å². The van der Waals surface area contributed by atoms with Gasteiger partial charge < -0.3 is 19.3 Å². The van der Waals surface area contributed by atoms with E-state index in [1.165, 1.54) is 6.07 Å². The van der Waals surface area contributed by atoms with Crippen molar-refractivity contribution in [2.45, 2.75) is 20.1 Å². The Morgan fingerprint density at radius 3 is 1.21 bits per heavy atom. The van der Waals surface area contributed by atoms with E-state index in [0.29, 0.717) is 41.0 Å². The third-order valence-corrected chi connectivity index (χ3v) is 10.4. The highest BCUT2D eigenvalue weighted by Gasteiger charge is 2.20. The number of carbonyl (C=O) groups excluding carboxylic acids is 1.